The molecule has 0 aromatic carbocycles. The van der Waals surface area contributed by atoms with Crippen molar-refractivity contribution in [3.05, 3.63) is 16.1 Å². The molecule has 0 fully saturated rings. The lowest BCUT2D eigenvalue weighted by Crippen LogP contribution is -2.23. The van der Waals surface area contributed by atoms with E-state index in [0.717, 1.165) is 11.6 Å². The normalized spacial score (nSPS) is 14.2. The van der Waals surface area contributed by atoms with E-state index in [1.165, 1.54) is 4.88 Å². The molecular weight excluding hydrogens is 208 g/mol. The molecule has 0 saturated carbocycles. The largest absolute Gasteiger partial charge is 0.392 e. The monoisotopic (exact) mass is 228 g/mol. The fraction of sp³-hybridized carbons (Fsp3) is 0.727. The van der Waals surface area contributed by atoms with Gasteiger partial charge in [-0.1, -0.05) is 20.8 Å². The fourth-order valence-electron chi connectivity index (χ4n) is 1.14. The van der Waals surface area contributed by atoms with Crippen LogP contribution in [0.4, 0.5) is 0 Å². The van der Waals surface area contributed by atoms with Crippen molar-refractivity contribution in [1.29, 1.82) is 0 Å². The average molecular weight is 228 g/mol. The highest BCUT2D eigenvalue weighted by Crippen LogP contribution is 2.26. The van der Waals surface area contributed by atoms with E-state index in [-0.39, 0.29) is 11.5 Å². The van der Waals surface area contributed by atoms with Gasteiger partial charge in [0.2, 0.25) is 0 Å². The topological polar surface area (TPSA) is 45.1 Å². The molecular formula is C11H20N2OS. The van der Waals surface area contributed by atoms with Gasteiger partial charge < -0.3 is 10.4 Å². The molecule has 0 aliphatic carbocycles. The first-order chi connectivity index (χ1) is 6.89. The summed E-state index contributed by atoms with van der Waals surface area (Å²) in [5.41, 5.74) is 0.132. The minimum absolute atomic E-state index is 0.132. The molecule has 4 heteroatoms. The second kappa shape index (κ2) is 5.05. The Hall–Kier alpha value is -0.450. The zero-order chi connectivity index (χ0) is 11.5. The Morgan fingerprint density at radius 1 is 1.53 bits per heavy atom. The Morgan fingerprint density at radius 3 is 2.67 bits per heavy atom. The number of aliphatic hydroxyl groups is 1. The van der Waals surface area contributed by atoms with Crippen LogP contribution < -0.4 is 5.32 Å². The molecule has 15 heavy (non-hydrogen) atoms. The second-order valence-electron chi connectivity index (χ2n) is 4.86. The van der Waals surface area contributed by atoms with Crippen LogP contribution in [0.3, 0.4) is 0 Å². The summed E-state index contributed by atoms with van der Waals surface area (Å²) in [5.74, 6) is 0. The smallest absolute Gasteiger partial charge is 0.0981 e. The third kappa shape index (κ3) is 4.28. The van der Waals surface area contributed by atoms with Gasteiger partial charge in [0.15, 0.2) is 0 Å². The van der Waals surface area contributed by atoms with Crippen LogP contribution in [-0.4, -0.2) is 22.7 Å². The number of aromatic nitrogens is 1. The molecule has 0 spiro atoms. The summed E-state index contributed by atoms with van der Waals surface area (Å²) in [6.45, 7) is 9.69. The number of hydrogen-bond donors (Lipinski definition) is 2. The highest BCUT2D eigenvalue weighted by Gasteiger charge is 2.17. The lowest BCUT2D eigenvalue weighted by atomic mass is 9.98. The highest BCUT2D eigenvalue weighted by molar-refractivity contribution is 7.11. The van der Waals surface area contributed by atoms with Gasteiger partial charge in [-0.25, -0.2) is 4.98 Å². The van der Waals surface area contributed by atoms with E-state index in [0.29, 0.717) is 6.54 Å². The first-order valence-electron chi connectivity index (χ1n) is 5.23. The average Bonchev–Trinajstić information content (AvgIpc) is 2.51. The molecule has 3 nitrogen and oxygen atoms in total. The molecule has 2 N–H and O–H groups in total. The Balaban J connectivity index is 2.47. The Labute approximate surface area is 95.6 Å². The number of hydrogen-bond acceptors (Lipinski definition) is 4. The Kier molecular flexibility index (Phi) is 4.25. The Morgan fingerprint density at radius 2 is 2.20 bits per heavy atom. The van der Waals surface area contributed by atoms with Gasteiger partial charge in [0.05, 0.1) is 11.1 Å². The van der Waals surface area contributed by atoms with E-state index in [2.05, 4.69) is 31.1 Å². The standard InChI is InChI=1S/C11H20N2OS/c1-8(14)5-12-6-9-7-13-10(15-9)11(2,3)4/h7-8,12,14H,5-6H2,1-4H3. The van der Waals surface area contributed by atoms with Crippen LogP contribution in [0.15, 0.2) is 6.20 Å². The van der Waals surface area contributed by atoms with Crippen LogP contribution in [-0.2, 0) is 12.0 Å². The molecule has 1 atom stereocenters. The first kappa shape index (κ1) is 12.6. The molecule has 0 radical (unpaired) electrons. The van der Waals surface area contributed by atoms with Gasteiger partial charge in [-0.3, -0.25) is 0 Å². The summed E-state index contributed by atoms with van der Waals surface area (Å²) in [6.07, 6.45) is 1.63. The number of thiazole rings is 1. The summed E-state index contributed by atoms with van der Waals surface area (Å²) >= 11 is 1.74. The summed E-state index contributed by atoms with van der Waals surface area (Å²) in [4.78, 5) is 5.62. The van der Waals surface area contributed by atoms with E-state index in [9.17, 15) is 0 Å². The maximum Gasteiger partial charge on any atom is 0.0981 e. The summed E-state index contributed by atoms with van der Waals surface area (Å²) in [7, 11) is 0. The van der Waals surface area contributed by atoms with Crippen molar-refractivity contribution in [2.75, 3.05) is 6.54 Å². The van der Waals surface area contributed by atoms with Gasteiger partial charge in [-0.05, 0) is 6.92 Å². The van der Waals surface area contributed by atoms with Gasteiger partial charge in [0, 0.05) is 29.6 Å². The van der Waals surface area contributed by atoms with Gasteiger partial charge in [0.25, 0.3) is 0 Å². The molecule has 0 saturated heterocycles. The molecule has 0 bridgehead atoms. The molecule has 1 aromatic rings. The molecule has 1 aromatic heterocycles. The number of rotatable bonds is 4. The zero-order valence-electron chi connectivity index (χ0n) is 9.87. The van der Waals surface area contributed by atoms with Gasteiger partial charge >= 0.3 is 0 Å². The van der Waals surface area contributed by atoms with Crippen molar-refractivity contribution >= 4 is 11.3 Å². The van der Waals surface area contributed by atoms with Crippen LogP contribution in [0.1, 0.15) is 37.6 Å². The maximum absolute atomic E-state index is 9.09. The van der Waals surface area contributed by atoms with Gasteiger partial charge in [-0.2, -0.15) is 0 Å². The van der Waals surface area contributed by atoms with Crippen molar-refractivity contribution in [2.45, 2.75) is 45.8 Å². The summed E-state index contributed by atoms with van der Waals surface area (Å²) < 4.78 is 0. The third-order valence-electron chi connectivity index (χ3n) is 1.93. The van der Waals surface area contributed by atoms with Crippen molar-refractivity contribution in [2.24, 2.45) is 0 Å². The predicted octanol–water partition coefficient (Wildman–Crippen LogP) is 1.91. The molecule has 86 valence electrons. The number of nitrogens with one attached hydrogen (secondary N) is 1. The van der Waals surface area contributed by atoms with Crippen LogP contribution in [0.2, 0.25) is 0 Å². The van der Waals surface area contributed by atoms with Crippen molar-refractivity contribution in [1.82, 2.24) is 10.3 Å². The minimum atomic E-state index is -0.292. The van der Waals surface area contributed by atoms with E-state index in [1.54, 1.807) is 18.3 Å². The molecule has 1 unspecified atom stereocenters. The van der Waals surface area contributed by atoms with E-state index in [1.807, 2.05) is 6.20 Å². The third-order valence-corrected chi connectivity index (χ3v) is 3.36. The molecule has 0 aliphatic rings. The SMILES string of the molecule is CC(O)CNCc1cnc(C(C)(C)C)s1. The van der Waals surface area contributed by atoms with Crippen LogP contribution in [0, 0.1) is 0 Å². The van der Waals surface area contributed by atoms with Crippen LogP contribution in [0.5, 0.6) is 0 Å². The predicted molar refractivity (Wildman–Crippen MR) is 64.2 cm³/mol. The summed E-state index contributed by atoms with van der Waals surface area (Å²) in [5, 5.41) is 13.4. The summed E-state index contributed by atoms with van der Waals surface area (Å²) in [6, 6.07) is 0. The van der Waals surface area contributed by atoms with Crippen molar-refractivity contribution in [3.63, 3.8) is 0 Å². The second-order valence-corrected chi connectivity index (χ2v) is 5.98. The first-order valence-corrected chi connectivity index (χ1v) is 6.05. The van der Waals surface area contributed by atoms with Crippen LogP contribution >= 0.6 is 11.3 Å². The lowest BCUT2D eigenvalue weighted by Gasteiger charge is -2.13. The highest BCUT2D eigenvalue weighted by atomic mass is 32.1. The Bertz CT molecular complexity index is 302. The fourth-order valence-corrected chi connectivity index (χ4v) is 2.08. The van der Waals surface area contributed by atoms with E-state index < -0.39 is 0 Å². The minimum Gasteiger partial charge on any atom is -0.392 e. The lowest BCUT2D eigenvalue weighted by molar-refractivity contribution is 0.191. The quantitative estimate of drug-likeness (QED) is 0.827. The van der Waals surface area contributed by atoms with Crippen LogP contribution in [0.25, 0.3) is 0 Å². The molecule has 0 aliphatic heterocycles. The van der Waals surface area contributed by atoms with Gasteiger partial charge in [0.1, 0.15) is 0 Å². The zero-order valence-corrected chi connectivity index (χ0v) is 10.7. The van der Waals surface area contributed by atoms with E-state index >= 15 is 0 Å². The molecule has 1 rings (SSSR count). The maximum atomic E-state index is 9.09. The van der Waals surface area contributed by atoms with Gasteiger partial charge in [-0.15, -0.1) is 11.3 Å². The van der Waals surface area contributed by atoms with E-state index in [4.69, 9.17) is 5.11 Å². The number of nitrogens with zero attached hydrogens (tertiary/aromatic N) is 1. The van der Waals surface area contributed by atoms with Crippen molar-refractivity contribution < 1.29 is 5.11 Å². The molecule has 1 heterocycles. The molecule has 0 amide bonds. The number of aliphatic hydroxyl groups excluding tert-OH is 1. The van der Waals surface area contributed by atoms with Crippen molar-refractivity contribution in [3.8, 4) is 0 Å².